The lowest BCUT2D eigenvalue weighted by Gasteiger charge is -2.39. The van der Waals surface area contributed by atoms with Gasteiger partial charge < -0.3 is 34.9 Å². The Morgan fingerprint density at radius 1 is 1.22 bits per heavy atom. The summed E-state index contributed by atoms with van der Waals surface area (Å²) in [7, 11) is 0. The molecular weight excluding hydrogens is 394 g/mol. The van der Waals surface area contributed by atoms with E-state index in [2.05, 4.69) is 20.9 Å². The first-order chi connectivity index (χ1) is 10.9. The molecule has 23 heavy (non-hydrogen) atoms. The van der Waals surface area contributed by atoms with Crippen molar-refractivity contribution >= 4 is 38.4 Å². The summed E-state index contributed by atoms with van der Waals surface area (Å²) in [6, 6.07) is 3.57. The Bertz CT molecular complexity index is 708. The number of H-pyrrole nitrogens is 1. The van der Waals surface area contributed by atoms with Crippen LogP contribution in [0.25, 0.3) is 10.9 Å². The van der Waals surface area contributed by atoms with Crippen LogP contribution in [0.5, 0.6) is 5.75 Å². The molecule has 0 radical (unpaired) electrons. The van der Waals surface area contributed by atoms with Gasteiger partial charge in [-0.25, -0.2) is 0 Å². The van der Waals surface area contributed by atoms with Crippen molar-refractivity contribution in [3.8, 4) is 5.75 Å². The predicted octanol–water partition coefficient (Wildman–Crippen LogP) is 0.762. The molecule has 3 rings (SSSR count). The number of aromatic nitrogens is 1. The monoisotopic (exact) mass is 407 g/mol. The van der Waals surface area contributed by atoms with Gasteiger partial charge in [0.05, 0.1) is 22.5 Å². The van der Waals surface area contributed by atoms with Crippen LogP contribution < -0.4 is 4.74 Å². The van der Waals surface area contributed by atoms with Gasteiger partial charge in [0.1, 0.15) is 30.2 Å². The maximum absolute atomic E-state index is 10.0. The number of hydrogen-bond acceptors (Lipinski definition) is 6. The number of aliphatic hydroxyl groups is 4. The molecule has 0 bridgehead atoms. The van der Waals surface area contributed by atoms with Crippen molar-refractivity contribution in [2.45, 2.75) is 30.7 Å². The molecule has 0 unspecified atom stereocenters. The van der Waals surface area contributed by atoms with E-state index in [1.54, 1.807) is 18.3 Å². The summed E-state index contributed by atoms with van der Waals surface area (Å²) in [5.41, 5.74) is 0.720. The summed E-state index contributed by atoms with van der Waals surface area (Å²) >= 11 is 9.58. The molecule has 7 nitrogen and oxygen atoms in total. The lowest BCUT2D eigenvalue weighted by atomic mass is 9.99. The van der Waals surface area contributed by atoms with Gasteiger partial charge in [-0.3, -0.25) is 0 Å². The summed E-state index contributed by atoms with van der Waals surface area (Å²) in [4.78, 5) is 2.98. The van der Waals surface area contributed by atoms with E-state index in [1.165, 1.54) is 0 Å². The molecule has 5 N–H and O–H groups in total. The second kappa shape index (κ2) is 6.56. The Morgan fingerprint density at radius 3 is 2.65 bits per heavy atom. The van der Waals surface area contributed by atoms with Gasteiger partial charge in [0.15, 0.2) is 0 Å². The summed E-state index contributed by atoms with van der Waals surface area (Å²) in [5, 5.41) is 39.8. The Morgan fingerprint density at radius 2 is 1.96 bits per heavy atom. The highest BCUT2D eigenvalue weighted by Crippen LogP contribution is 2.38. The van der Waals surface area contributed by atoms with Gasteiger partial charge in [-0.15, -0.1) is 0 Å². The number of aliphatic hydroxyl groups excluding tert-OH is 4. The van der Waals surface area contributed by atoms with Gasteiger partial charge in [0.25, 0.3) is 0 Å². The SMILES string of the molecule is OC[C@H]1O[C@@H](Oc2c[nH]c3ccc(Br)c(Cl)c23)[C@@H](O)[C@H](O)[C@@H]1O. The van der Waals surface area contributed by atoms with Crippen LogP contribution in [-0.4, -0.2) is 62.7 Å². The summed E-state index contributed by atoms with van der Waals surface area (Å²) in [6.07, 6.45) is -5.17. The smallest absolute Gasteiger partial charge is 0.229 e. The molecule has 2 aromatic rings. The van der Waals surface area contributed by atoms with Crippen LogP contribution in [0.2, 0.25) is 5.02 Å². The van der Waals surface area contributed by atoms with Crippen LogP contribution in [0.3, 0.4) is 0 Å². The largest absolute Gasteiger partial charge is 0.460 e. The highest BCUT2D eigenvalue weighted by molar-refractivity contribution is 9.10. The van der Waals surface area contributed by atoms with Crippen molar-refractivity contribution in [1.82, 2.24) is 4.98 Å². The van der Waals surface area contributed by atoms with Crippen LogP contribution in [0, 0.1) is 0 Å². The van der Waals surface area contributed by atoms with Crippen molar-refractivity contribution in [1.29, 1.82) is 0 Å². The van der Waals surface area contributed by atoms with Gasteiger partial charge >= 0.3 is 0 Å². The Hall–Kier alpha value is -0.870. The van der Waals surface area contributed by atoms with Crippen molar-refractivity contribution in [3.63, 3.8) is 0 Å². The number of benzene rings is 1. The van der Waals surface area contributed by atoms with Crippen molar-refractivity contribution in [2.75, 3.05) is 6.61 Å². The van der Waals surface area contributed by atoms with Crippen LogP contribution >= 0.6 is 27.5 Å². The first-order valence-corrected chi connectivity index (χ1v) is 8.03. The molecule has 0 aliphatic carbocycles. The van der Waals surface area contributed by atoms with Gasteiger partial charge in [-0.2, -0.15) is 0 Å². The van der Waals surface area contributed by atoms with Crippen molar-refractivity contribution in [3.05, 3.63) is 27.8 Å². The Labute approximate surface area is 144 Å². The van der Waals surface area contributed by atoms with Crippen molar-refractivity contribution in [2.24, 2.45) is 0 Å². The minimum Gasteiger partial charge on any atom is -0.460 e. The van der Waals surface area contributed by atoms with Gasteiger partial charge in [0.2, 0.25) is 6.29 Å². The third kappa shape index (κ3) is 2.96. The number of aromatic amines is 1. The van der Waals surface area contributed by atoms with Gasteiger partial charge in [0, 0.05) is 10.7 Å². The Balaban J connectivity index is 1.91. The third-order valence-electron chi connectivity index (χ3n) is 3.79. The second-order valence-corrected chi connectivity index (χ2v) is 6.48. The van der Waals surface area contributed by atoms with Crippen LogP contribution in [-0.2, 0) is 4.74 Å². The summed E-state index contributed by atoms with van der Waals surface area (Å²) in [6.45, 7) is -0.523. The zero-order chi connectivity index (χ0) is 16.7. The summed E-state index contributed by atoms with van der Waals surface area (Å²) in [5.74, 6) is 0.315. The number of nitrogens with one attached hydrogen (secondary N) is 1. The predicted molar refractivity (Wildman–Crippen MR) is 85.4 cm³/mol. The molecular formula is C14H15BrClNO6. The van der Waals surface area contributed by atoms with E-state index >= 15 is 0 Å². The fourth-order valence-electron chi connectivity index (χ4n) is 2.51. The van der Waals surface area contributed by atoms with E-state index in [-0.39, 0.29) is 0 Å². The maximum atomic E-state index is 10.0. The zero-order valence-electron chi connectivity index (χ0n) is 11.7. The van der Waals surface area contributed by atoms with Gasteiger partial charge in [-0.05, 0) is 28.1 Å². The minimum absolute atomic E-state index is 0.315. The molecule has 1 aromatic heterocycles. The van der Waals surface area contributed by atoms with Crippen LogP contribution in [0.1, 0.15) is 0 Å². The van der Waals surface area contributed by atoms with Crippen LogP contribution in [0.15, 0.2) is 22.8 Å². The second-order valence-electron chi connectivity index (χ2n) is 5.25. The highest BCUT2D eigenvalue weighted by Gasteiger charge is 2.44. The molecule has 5 atom stereocenters. The molecule has 0 spiro atoms. The maximum Gasteiger partial charge on any atom is 0.229 e. The van der Waals surface area contributed by atoms with Crippen molar-refractivity contribution < 1.29 is 29.9 Å². The first kappa shape index (κ1) is 17.0. The molecule has 1 fully saturated rings. The number of ether oxygens (including phenoxy) is 2. The molecule has 2 heterocycles. The van der Waals surface area contributed by atoms with Crippen LogP contribution in [0.4, 0.5) is 0 Å². The fraction of sp³-hybridized carbons (Fsp3) is 0.429. The molecule has 0 amide bonds. The third-order valence-corrected chi connectivity index (χ3v) is 5.07. The number of fused-ring (bicyclic) bond motifs is 1. The topological polar surface area (TPSA) is 115 Å². The number of halogens is 2. The minimum atomic E-state index is -1.50. The molecule has 1 saturated heterocycles. The van der Waals surface area contributed by atoms with E-state index < -0.39 is 37.3 Å². The molecule has 9 heteroatoms. The quantitative estimate of drug-likeness (QED) is 0.512. The van der Waals surface area contributed by atoms with E-state index in [0.717, 1.165) is 5.52 Å². The molecule has 0 saturated carbocycles. The summed E-state index contributed by atoms with van der Waals surface area (Å²) < 4.78 is 11.6. The fourth-order valence-corrected chi connectivity index (χ4v) is 3.10. The molecule has 1 aliphatic rings. The lowest BCUT2D eigenvalue weighted by Crippen LogP contribution is -2.60. The lowest BCUT2D eigenvalue weighted by molar-refractivity contribution is -0.277. The Kier molecular flexibility index (Phi) is 4.84. The zero-order valence-corrected chi connectivity index (χ0v) is 14.0. The molecule has 1 aromatic carbocycles. The number of rotatable bonds is 3. The van der Waals surface area contributed by atoms with E-state index in [9.17, 15) is 20.4 Å². The molecule has 1 aliphatic heterocycles. The molecule has 126 valence electrons. The first-order valence-electron chi connectivity index (χ1n) is 6.86. The van der Waals surface area contributed by atoms with E-state index in [1.807, 2.05) is 0 Å². The normalized spacial score (nSPS) is 31.5. The number of hydrogen-bond donors (Lipinski definition) is 5. The average molecular weight is 409 g/mol. The van der Waals surface area contributed by atoms with Gasteiger partial charge in [-0.1, -0.05) is 11.6 Å². The average Bonchev–Trinajstić information content (AvgIpc) is 2.95. The highest BCUT2D eigenvalue weighted by atomic mass is 79.9. The standard InChI is InChI=1S/C14H15BrClNO6/c15-5-1-2-6-9(10(5)16)7(3-17-6)22-14-13(21)12(20)11(19)8(4-18)23-14/h1-3,8,11-14,17-21H,4H2/t8-,11-,12-,13+,14-/m1/s1. The van der Waals surface area contributed by atoms with E-state index in [4.69, 9.17) is 21.1 Å². The van der Waals surface area contributed by atoms with E-state index in [0.29, 0.717) is 20.6 Å².